The molecule has 0 amide bonds. The molecule has 1 heterocycles. The number of nitrogens with one attached hydrogen (secondary N) is 1. The Morgan fingerprint density at radius 3 is 2.68 bits per heavy atom. The van der Waals surface area contributed by atoms with E-state index in [0.29, 0.717) is 5.92 Å². The lowest BCUT2D eigenvalue weighted by molar-refractivity contribution is 0.487. The van der Waals surface area contributed by atoms with Crippen molar-refractivity contribution in [2.75, 3.05) is 11.6 Å². The molecule has 0 radical (unpaired) electrons. The van der Waals surface area contributed by atoms with E-state index in [0.717, 1.165) is 29.5 Å². The van der Waals surface area contributed by atoms with Crippen LogP contribution in [0.2, 0.25) is 0 Å². The van der Waals surface area contributed by atoms with Gasteiger partial charge in [0, 0.05) is 5.69 Å². The summed E-state index contributed by atoms with van der Waals surface area (Å²) in [4.78, 5) is 0. The first-order valence-electron chi connectivity index (χ1n) is 6.59. The van der Waals surface area contributed by atoms with Crippen molar-refractivity contribution in [3.63, 3.8) is 0 Å². The number of anilines is 1. The van der Waals surface area contributed by atoms with Gasteiger partial charge in [-0.25, -0.2) is 0 Å². The molecular weight excluding hydrogens is 254 g/mol. The lowest BCUT2D eigenvalue weighted by atomic mass is 10.0. The van der Waals surface area contributed by atoms with Crippen LogP contribution >= 0.6 is 11.8 Å². The summed E-state index contributed by atoms with van der Waals surface area (Å²) < 4.78 is 5.74. The van der Waals surface area contributed by atoms with Crippen molar-refractivity contribution >= 4 is 17.4 Å². The first-order chi connectivity index (χ1) is 9.19. The summed E-state index contributed by atoms with van der Waals surface area (Å²) in [6, 6.07) is 12.7. The van der Waals surface area contributed by atoms with Gasteiger partial charge in [0.05, 0.1) is 12.3 Å². The Hall–Kier alpha value is -1.35. The van der Waals surface area contributed by atoms with E-state index in [9.17, 15) is 0 Å². The molecule has 0 bridgehead atoms. The molecule has 0 atom stereocenters. The van der Waals surface area contributed by atoms with Crippen molar-refractivity contribution in [3.05, 3.63) is 53.5 Å². The van der Waals surface area contributed by atoms with Crippen molar-refractivity contribution in [2.24, 2.45) is 0 Å². The largest absolute Gasteiger partial charge is 0.463 e. The minimum atomic E-state index is 0.554. The highest BCUT2D eigenvalue weighted by Gasteiger charge is 2.03. The van der Waals surface area contributed by atoms with Crippen LogP contribution in [-0.2, 0) is 12.3 Å². The summed E-state index contributed by atoms with van der Waals surface area (Å²) in [5, 5.41) is 3.41. The average Bonchev–Trinajstić information content (AvgIpc) is 2.85. The fourth-order valence-electron chi connectivity index (χ4n) is 1.93. The van der Waals surface area contributed by atoms with Crippen LogP contribution in [0.3, 0.4) is 0 Å². The summed E-state index contributed by atoms with van der Waals surface area (Å²) in [7, 11) is 0. The van der Waals surface area contributed by atoms with Crippen LogP contribution in [0.25, 0.3) is 0 Å². The molecule has 0 unspecified atom stereocenters. The summed E-state index contributed by atoms with van der Waals surface area (Å²) in [5.74, 6) is 3.51. The summed E-state index contributed by atoms with van der Waals surface area (Å²) in [5.41, 5.74) is 2.50. The molecule has 2 rings (SSSR count). The summed E-state index contributed by atoms with van der Waals surface area (Å²) in [6.45, 7) is 5.15. The Bertz CT molecular complexity index is 519. The Balaban J connectivity index is 1.95. The third-order valence-electron chi connectivity index (χ3n) is 3.02. The predicted octanol–water partition coefficient (Wildman–Crippen LogP) is 4.88. The predicted molar refractivity (Wildman–Crippen MR) is 83.8 cm³/mol. The highest BCUT2D eigenvalue weighted by molar-refractivity contribution is 7.97. The Labute approximate surface area is 119 Å². The third-order valence-corrected chi connectivity index (χ3v) is 3.60. The molecule has 0 saturated heterocycles. The molecule has 1 N–H and O–H groups in total. The number of benzene rings is 1. The monoisotopic (exact) mass is 275 g/mol. The maximum atomic E-state index is 5.74. The van der Waals surface area contributed by atoms with E-state index in [2.05, 4.69) is 55.8 Å². The van der Waals surface area contributed by atoms with E-state index >= 15 is 0 Å². The molecule has 3 heteroatoms. The highest BCUT2D eigenvalue weighted by atomic mass is 32.2. The number of furan rings is 1. The molecule has 0 spiro atoms. The SMILES string of the molecule is CSCc1ccc(CNc2cccc(C(C)C)c2)o1. The minimum absolute atomic E-state index is 0.554. The van der Waals surface area contributed by atoms with E-state index in [1.807, 2.05) is 6.07 Å². The second-order valence-electron chi connectivity index (χ2n) is 4.93. The number of rotatable bonds is 6. The maximum absolute atomic E-state index is 5.74. The Kier molecular flexibility index (Phi) is 4.97. The van der Waals surface area contributed by atoms with Gasteiger partial charge in [-0.2, -0.15) is 11.8 Å². The number of hydrogen-bond donors (Lipinski definition) is 1. The first kappa shape index (κ1) is 14.1. The molecule has 2 aromatic rings. The summed E-state index contributed by atoms with van der Waals surface area (Å²) in [6.07, 6.45) is 2.08. The lowest BCUT2D eigenvalue weighted by Gasteiger charge is -2.09. The molecule has 2 nitrogen and oxygen atoms in total. The molecule has 0 saturated carbocycles. The number of hydrogen-bond acceptors (Lipinski definition) is 3. The average molecular weight is 275 g/mol. The molecule has 0 aliphatic rings. The maximum Gasteiger partial charge on any atom is 0.123 e. The molecule has 1 aromatic heterocycles. The van der Waals surface area contributed by atoms with Crippen molar-refractivity contribution in [1.29, 1.82) is 0 Å². The van der Waals surface area contributed by atoms with Gasteiger partial charge in [-0.05, 0) is 42.0 Å². The van der Waals surface area contributed by atoms with Gasteiger partial charge in [0.25, 0.3) is 0 Å². The zero-order valence-corrected chi connectivity index (χ0v) is 12.6. The van der Waals surface area contributed by atoms with Crippen molar-refractivity contribution in [1.82, 2.24) is 0 Å². The van der Waals surface area contributed by atoms with Gasteiger partial charge in [-0.3, -0.25) is 0 Å². The van der Waals surface area contributed by atoms with E-state index in [1.165, 1.54) is 5.56 Å². The van der Waals surface area contributed by atoms with Gasteiger partial charge >= 0.3 is 0 Å². The lowest BCUT2D eigenvalue weighted by Crippen LogP contribution is -1.99. The van der Waals surface area contributed by atoms with Gasteiger partial charge in [-0.1, -0.05) is 26.0 Å². The fourth-order valence-corrected chi connectivity index (χ4v) is 2.37. The van der Waals surface area contributed by atoms with Gasteiger partial charge in [0.2, 0.25) is 0 Å². The number of thioether (sulfide) groups is 1. The van der Waals surface area contributed by atoms with Crippen LogP contribution in [0.15, 0.2) is 40.8 Å². The highest BCUT2D eigenvalue weighted by Crippen LogP contribution is 2.20. The van der Waals surface area contributed by atoms with Crippen LogP contribution in [0.4, 0.5) is 5.69 Å². The molecule has 19 heavy (non-hydrogen) atoms. The van der Waals surface area contributed by atoms with E-state index in [-0.39, 0.29) is 0 Å². The topological polar surface area (TPSA) is 25.2 Å². The van der Waals surface area contributed by atoms with Crippen LogP contribution < -0.4 is 5.32 Å². The zero-order chi connectivity index (χ0) is 13.7. The molecule has 0 fully saturated rings. The molecule has 0 aliphatic heterocycles. The Morgan fingerprint density at radius 2 is 1.95 bits per heavy atom. The van der Waals surface area contributed by atoms with Gasteiger partial charge in [0.1, 0.15) is 11.5 Å². The molecule has 0 aliphatic carbocycles. The van der Waals surface area contributed by atoms with Gasteiger partial charge in [0.15, 0.2) is 0 Å². The third kappa shape index (κ3) is 4.06. The van der Waals surface area contributed by atoms with E-state index in [1.54, 1.807) is 11.8 Å². The standard InChI is InChI=1S/C16H21NOS/c1-12(2)13-5-4-6-14(9-13)17-10-15-7-8-16(18-15)11-19-3/h4-9,12,17H,10-11H2,1-3H3. The van der Waals surface area contributed by atoms with Crippen LogP contribution in [0.1, 0.15) is 36.8 Å². The van der Waals surface area contributed by atoms with Crippen molar-refractivity contribution < 1.29 is 4.42 Å². The molecular formula is C16H21NOS. The van der Waals surface area contributed by atoms with Crippen LogP contribution in [-0.4, -0.2) is 6.26 Å². The fraction of sp³-hybridized carbons (Fsp3) is 0.375. The first-order valence-corrected chi connectivity index (χ1v) is 7.99. The van der Waals surface area contributed by atoms with E-state index < -0.39 is 0 Å². The normalized spacial score (nSPS) is 10.9. The van der Waals surface area contributed by atoms with Gasteiger partial charge < -0.3 is 9.73 Å². The van der Waals surface area contributed by atoms with Crippen LogP contribution in [0, 0.1) is 0 Å². The van der Waals surface area contributed by atoms with E-state index in [4.69, 9.17) is 4.42 Å². The Morgan fingerprint density at radius 1 is 1.16 bits per heavy atom. The second-order valence-corrected chi connectivity index (χ2v) is 5.80. The van der Waals surface area contributed by atoms with Crippen molar-refractivity contribution in [2.45, 2.75) is 32.1 Å². The van der Waals surface area contributed by atoms with Gasteiger partial charge in [-0.15, -0.1) is 0 Å². The zero-order valence-electron chi connectivity index (χ0n) is 11.8. The van der Waals surface area contributed by atoms with Crippen molar-refractivity contribution in [3.8, 4) is 0 Å². The smallest absolute Gasteiger partial charge is 0.123 e. The molecule has 1 aromatic carbocycles. The minimum Gasteiger partial charge on any atom is -0.463 e. The van der Waals surface area contributed by atoms with Crippen LogP contribution in [0.5, 0.6) is 0 Å². The summed E-state index contributed by atoms with van der Waals surface area (Å²) >= 11 is 1.77. The quantitative estimate of drug-likeness (QED) is 0.813. The second kappa shape index (κ2) is 6.71. The molecule has 102 valence electrons.